The van der Waals surface area contributed by atoms with Crippen molar-refractivity contribution in [3.8, 4) is 0 Å². The number of halogens is 1. The summed E-state index contributed by atoms with van der Waals surface area (Å²) in [6.45, 7) is -0.431. The first-order valence-corrected chi connectivity index (χ1v) is 7.34. The molecule has 10 nitrogen and oxygen atoms in total. The lowest BCUT2D eigenvalue weighted by Gasteiger charge is -2.13. The number of imidazole rings is 1. The first-order valence-electron chi connectivity index (χ1n) is 6.21. The van der Waals surface area contributed by atoms with Crippen molar-refractivity contribution >= 4 is 19.4 Å². The average molecular weight is 333 g/mol. The molecular formula is C10H11FN4O6P+. The fourth-order valence-electron chi connectivity index (χ4n) is 2.37. The van der Waals surface area contributed by atoms with E-state index in [1.54, 1.807) is 0 Å². The van der Waals surface area contributed by atoms with Gasteiger partial charge in [-0.2, -0.15) is 9.37 Å². The normalized spacial score (nSPS) is 25.8. The number of aromatic amines is 1. The number of rotatable bonds is 4. The van der Waals surface area contributed by atoms with E-state index < -0.39 is 44.9 Å². The van der Waals surface area contributed by atoms with Gasteiger partial charge < -0.3 is 9.84 Å². The number of aliphatic hydroxyl groups is 1. The smallest absolute Gasteiger partial charge is 0.394 e. The van der Waals surface area contributed by atoms with E-state index in [0.29, 0.717) is 0 Å². The highest BCUT2D eigenvalue weighted by Crippen LogP contribution is 2.35. The molecule has 0 amide bonds. The summed E-state index contributed by atoms with van der Waals surface area (Å²) in [6, 6.07) is 0. The van der Waals surface area contributed by atoms with Crippen LogP contribution in [-0.2, 0) is 13.8 Å². The Morgan fingerprint density at radius 3 is 3.09 bits per heavy atom. The molecule has 1 unspecified atom stereocenters. The van der Waals surface area contributed by atoms with Crippen molar-refractivity contribution in [2.45, 2.75) is 24.9 Å². The number of hydrogen-bond acceptors (Lipinski definition) is 7. The molecule has 2 aromatic rings. The molecule has 3 N–H and O–H groups in total. The number of fused-ring (bicyclic) bond motifs is 1. The molecule has 0 radical (unpaired) electrons. The zero-order chi connectivity index (χ0) is 15.9. The van der Waals surface area contributed by atoms with Crippen molar-refractivity contribution in [2.24, 2.45) is 0 Å². The molecular weight excluding hydrogens is 322 g/mol. The van der Waals surface area contributed by atoms with Gasteiger partial charge >= 0.3 is 8.25 Å². The van der Waals surface area contributed by atoms with E-state index in [9.17, 15) is 18.9 Å². The highest BCUT2D eigenvalue weighted by atomic mass is 31.1. The molecule has 1 aliphatic heterocycles. The summed E-state index contributed by atoms with van der Waals surface area (Å²) in [7, 11) is -2.86. The predicted octanol–water partition coefficient (Wildman–Crippen LogP) is -0.427. The van der Waals surface area contributed by atoms with E-state index in [-0.39, 0.29) is 17.6 Å². The second-order valence-electron chi connectivity index (χ2n) is 4.61. The van der Waals surface area contributed by atoms with Crippen LogP contribution >= 0.6 is 8.25 Å². The molecule has 4 atom stereocenters. The lowest BCUT2D eigenvalue weighted by atomic mass is 10.2. The second kappa shape index (κ2) is 5.78. The van der Waals surface area contributed by atoms with Gasteiger partial charge in [0.1, 0.15) is 18.4 Å². The van der Waals surface area contributed by atoms with E-state index >= 15 is 0 Å². The zero-order valence-corrected chi connectivity index (χ0v) is 11.8. The van der Waals surface area contributed by atoms with E-state index in [2.05, 4.69) is 9.97 Å². The van der Waals surface area contributed by atoms with Gasteiger partial charge in [0.2, 0.25) is 0 Å². The maximum Gasteiger partial charge on any atom is 0.695 e. The van der Waals surface area contributed by atoms with E-state index in [0.717, 1.165) is 0 Å². The molecule has 3 rings (SSSR count). The average Bonchev–Trinajstić information content (AvgIpc) is 3.01. The van der Waals surface area contributed by atoms with Crippen LogP contribution in [0.4, 0.5) is 4.39 Å². The van der Waals surface area contributed by atoms with Crippen LogP contribution in [0, 0.1) is 6.08 Å². The van der Waals surface area contributed by atoms with Gasteiger partial charge in [-0.3, -0.25) is 14.3 Å². The molecule has 22 heavy (non-hydrogen) atoms. The van der Waals surface area contributed by atoms with Crippen molar-refractivity contribution in [1.29, 1.82) is 0 Å². The molecule has 0 saturated carbocycles. The zero-order valence-electron chi connectivity index (χ0n) is 10.9. The molecule has 2 aromatic heterocycles. The monoisotopic (exact) mass is 333 g/mol. The predicted molar refractivity (Wildman–Crippen MR) is 68.4 cm³/mol. The van der Waals surface area contributed by atoms with E-state index in [4.69, 9.17) is 14.2 Å². The van der Waals surface area contributed by atoms with Crippen LogP contribution in [0.15, 0.2) is 11.1 Å². The molecule has 0 spiro atoms. The number of H-pyrrole nitrogens is 1. The Hall–Kier alpha value is -1.78. The molecule has 3 heterocycles. The Morgan fingerprint density at radius 1 is 1.64 bits per heavy atom. The van der Waals surface area contributed by atoms with Gasteiger partial charge in [0.05, 0.1) is 12.9 Å². The standard InChI is InChI=1S/C10H10FN4O6P/c11-10-13-8-7(9(17)14-10)12-3-15(8)6-1-4(21-22(18)19)5(2-16)20-6/h3-6,16H,1-2H2,(H-,13,14,17,18,19)/p+1/t4-,5+,6+/m0/s1. The third-order valence-corrected chi connectivity index (χ3v) is 3.75. The number of nitrogens with one attached hydrogen (secondary N) is 1. The highest BCUT2D eigenvalue weighted by Gasteiger charge is 2.42. The number of aromatic nitrogens is 4. The third kappa shape index (κ3) is 2.64. The van der Waals surface area contributed by atoms with Crippen molar-refractivity contribution in [2.75, 3.05) is 6.61 Å². The first-order chi connectivity index (χ1) is 10.5. The van der Waals surface area contributed by atoms with Gasteiger partial charge in [0.25, 0.3) is 11.6 Å². The van der Waals surface area contributed by atoms with Crippen LogP contribution in [0.2, 0.25) is 0 Å². The number of hydrogen-bond donors (Lipinski definition) is 3. The number of ether oxygens (including phenoxy) is 1. The molecule has 1 saturated heterocycles. The lowest BCUT2D eigenvalue weighted by Crippen LogP contribution is -2.25. The Morgan fingerprint density at radius 2 is 2.41 bits per heavy atom. The Kier molecular flexibility index (Phi) is 3.98. The van der Waals surface area contributed by atoms with Crippen molar-refractivity contribution in [3.63, 3.8) is 0 Å². The van der Waals surface area contributed by atoms with Gasteiger partial charge in [-0.15, -0.1) is 9.42 Å². The maximum absolute atomic E-state index is 13.2. The lowest BCUT2D eigenvalue weighted by molar-refractivity contribution is -0.0395. The fourth-order valence-corrected chi connectivity index (χ4v) is 2.83. The molecule has 1 fully saturated rings. The van der Waals surface area contributed by atoms with Crippen molar-refractivity contribution < 1.29 is 28.2 Å². The Labute approximate surface area is 122 Å². The number of aliphatic hydroxyl groups excluding tert-OH is 1. The summed E-state index contributed by atoms with van der Waals surface area (Å²) in [5.74, 6) is 0. The molecule has 1 aliphatic rings. The summed E-state index contributed by atoms with van der Waals surface area (Å²) in [6.07, 6.45) is -2.15. The molecule has 0 aromatic carbocycles. The topological polar surface area (TPSA) is 140 Å². The Bertz CT molecular complexity index is 778. The van der Waals surface area contributed by atoms with Crippen LogP contribution in [-0.4, -0.2) is 48.3 Å². The van der Waals surface area contributed by atoms with Gasteiger partial charge in [-0.05, 0) is 0 Å². The van der Waals surface area contributed by atoms with Crippen molar-refractivity contribution in [3.05, 3.63) is 22.8 Å². The van der Waals surface area contributed by atoms with Crippen LogP contribution in [0.25, 0.3) is 11.2 Å². The summed E-state index contributed by atoms with van der Waals surface area (Å²) < 4.78 is 35.6. The van der Waals surface area contributed by atoms with E-state index in [1.807, 2.05) is 4.98 Å². The fraction of sp³-hybridized carbons (Fsp3) is 0.500. The minimum Gasteiger partial charge on any atom is -0.394 e. The summed E-state index contributed by atoms with van der Waals surface area (Å²) in [4.78, 5) is 29.7. The molecule has 0 aliphatic carbocycles. The Balaban J connectivity index is 1.95. The van der Waals surface area contributed by atoms with Crippen LogP contribution < -0.4 is 5.56 Å². The summed E-state index contributed by atoms with van der Waals surface area (Å²) in [5, 5.41) is 9.23. The molecule has 12 heteroatoms. The van der Waals surface area contributed by atoms with Crippen LogP contribution in [0.3, 0.4) is 0 Å². The quantitative estimate of drug-likeness (QED) is 0.506. The highest BCUT2D eigenvalue weighted by molar-refractivity contribution is 7.32. The van der Waals surface area contributed by atoms with Gasteiger partial charge in [0.15, 0.2) is 11.2 Å². The first kappa shape index (κ1) is 15.1. The third-order valence-electron chi connectivity index (χ3n) is 3.30. The minimum absolute atomic E-state index is 0.0306. The maximum atomic E-state index is 13.2. The summed E-state index contributed by atoms with van der Waals surface area (Å²) >= 11 is 0. The largest absolute Gasteiger partial charge is 0.695 e. The van der Waals surface area contributed by atoms with Gasteiger partial charge in [-0.25, -0.2) is 4.98 Å². The van der Waals surface area contributed by atoms with Gasteiger partial charge in [0, 0.05) is 11.0 Å². The van der Waals surface area contributed by atoms with Crippen LogP contribution in [0.1, 0.15) is 12.6 Å². The van der Waals surface area contributed by atoms with Crippen LogP contribution in [0.5, 0.6) is 0 Å². The number of nitrogens with zero attached hydrogens (tertiary/aromatic N) is 3. The van der Waals surface area contributed by atoms with Crippen molar-refractivity contribution in [1.82, 2.24) is 19.5 Å². The molecule has 118 valence electrons. The second-order valence-corrected chi connectivity index (χ2v) is 5.30. The molecule has 0 bridgehead atoms. The summed E-state index contributed by atoms with van der Waals surface area (Å²) in [5.41, 5.74) is -0.829. The SMILES string of the molecule is O=c1[nH]c(F)nc2c1ncn2[C@H]1C[C@H](O[P+](=O)O)[C@@H](CO)O1. The minimum atomic E-state index is -2.86. The van der Waals surface area contributed by atoms with Gasteiger partial charge in [-0.1, -0.05) is 0 Å². The van der Waals surface area contributed by atoms with E-state index in [1.165, 1.54) is 10.9 Å².